The number of unbranched alkanes of at least 4 members (excludes halogenated alkanes) is 7. The molecule has 27 heavy (non-hydrogen) atoms. The summed E-state index contributed by atoms with van der Waals surface area (Å²) in [6, 6.07) is 3.55. The minimum absolute atomic E-state index is 0.0651. The van der Waals surface area contributed by atoms with Crippen molar-refractivity contribution < 1.29 is 19.0 Å². The first-order valence-electron chi connectivity index (χ1n) is 9.78. The molecule has 1 aromatic rings. The fraction of sp³-hybridized carbons (Fsp3) is 0.619. The molecule has 1 amide bonds. The van der Waals surface area contributed by atoms with Gasteiger partial charge in [0, 0.05) is 12.0 Å². The van der Waals surface area contributed by atoms with Crippen LogP contribution in [0.2, 0.25) is 0 Å². The van der Waals surface area contributed by atoms with Gasteiger partial charge in [0.1, 0.15) is 0 Å². The fourth-order valence-electron chi connectivity index (χ4n) is 2.83. The van der Waals surface area contributed by atoms with Crippen molar-refractivity contribution in [3.8, 4) is 17.2 Å². The molecule has 6 nitrogen and oxygen atoms in total. The summed E-state index contributed by atoms with van der Waals surface area (Å²) in [4.78, 5) is 11.9. The zero-order valence-corrected chi connectivity index (χ0v) is 17.2. The number of carbonyl (C=O) groups excluding carboxylic acids is 1. The topological polar surface area (TPSA) is 69.2 Å². The van der Waals surface area contributed by atoms with Crippen LogP contribution in [0.3, 0.4) is 0 Å². The molecule has 1 rings (SSSR count). The summed E-state index contributed by atoms with van der Waals surface area (Å²) < 4.78 is 15.9. The highest BCUT2D eigenvalue weighted by atomic mass is 16.5. The van der Waals surface area contributed by atoms with E-state index < -0.39 is 0 Å². The average Bonchev–Trinajstić information content (AvgIpc) is 2.69. The van der Waals surface area contributed by atoms with E-state index in [0.29, 0.717) is 23.7 Å². The van der Waals surface area contributed by atoms with Gasteiger partial charge in [-0.15, -0.1) is 0 Å². The lowest BCUT2D eigenvalue weighted by Gasteiger charge is -2.12. The Labute approximate surface area is 163 Å². The first-order chi connectivity index (χ1) is 13.2. The van der Waals surface area contributed by atoms with Gasteiger partial charge in [0.15, 0.2) is 11.5 Å². The number of carbonyl (C=O) groups is 1. The highest BCUT2D eigenvalue weighted by Gasteiger charge is 2.12. The molecule has 152 valence electrons. The van der Waals surface area contributed by atoms with Crippen LogP contribution >= 0.6 is 0 Å². The lowest BCUT2D eigenvalue weighted by molar-refractivity contribution is -0.121. The van der Waals surface area contributed by atoms with Crippen LogP contribution in [0.1, 0.15) is 70.3 Å². The molecular weight excluding hydrogens is 344 g/mol. The SMILES string of the molecule is CCCCCCCCCCC(=O)NN=Cc1cc(OC)c(OC)c(OC)c1. The van der Waals surface area contributed by atoms with Gasteiger partial charge >= 0.3 is 0 Å². The molecule has 0 spiro atoms. The van der Waals surface area contributed by atoms with E-state index in [-0.39, 0.29) is 5.91 Å². The first-order valence-corrected chi connectivity index (χ1v) is 9.78. The van der Waals surface area contributed by atoms with Crippen molar-refractivity contribution in [2.24, 2.45) is 5.10 Å². The largest absolute Gasteiger partial charge is 0.493 e. The van der Waals surface area contributed by atoms with E-state index in [1.807, 2.05) is 0 Å². The van der Waals surface area contributed by atoms with Crippen LogP contribution in [0, 0.1) is 0 Å². The Morgan fingerprint density at radius 3 is 2.00 bits per heavy atom. The average molecular weight is 379 g/mol. The molecule has 0 heterocycles. The van der Waals surface area contributed by atoms with E-state index >= 15 is 0 Å². The Bertz CT molecular complexity index is 563. The summed E-state index contributed by atoms with van der Waals surface area (Å²) in [7, 11) is 4.67. The number of methoxy groups -OCH3 is 3. The van der Waals surface area contributed by atoms with E-state index in [9.17, 15) is 4.79 Å². The summed E-state index contributed by atoms with van der Waals surface area (Å²) in [6.45, 7) is 2.22. The summed E-state index contributed by atoms with van der Waals surface area (Å²) in [5, 5.41) is 4.02. The number of ether oxygens (including phenoxy) is 3. The van der Waals surface area contributed by atoms with Crippen molar-refractivity contribution in [3.05, 3.63) is 17.7 Å². The normalized spacial score (nSPS) is 10.8. The van der Waals surface area contributed by atoms with Crippen LogP contribution in [-0.2, 0) is 4.79 Å². The maximum absolute atomic E-state index is 11.9. The Balaban J connectivity index is 2.36. The molecule has 0 aliphatic heterocycles. The summed E-state index contributed by atoms with van der Waals surface area (Å²) in [5.74, 6) is 1.55. The van der Waals surface area contributed by atoms with E-state index in [1.54, 1.807) is 39.7 Å². The van der Waals surface area contributed by atoms with Crippen molar-refractivity contribution in [1.29, 1.82) is 0 Å². The maximum Gasteiger partial charge on any atom is 0.240 e. The molecule has 0 atom stereocenters. The lowest BCUT2D eigenvalue weighted by Crippen LogP contribution is -2.16. The van der Waals surface area contributed by atoms with E-state index in [4.69, 9.17) is 14.2 Å². The number of rotatable bonds is 14. The number of benzene rings is 1. The lowest BCUT2D eigenvalue weighted by atomic mass is 10.1. The Morgan fingerprint density at radius 1 is 0.926 bits per heavy atom. The van der Waals surface area contributed by atoms with Crippen LogP contribution < -0.4 is 19.6 Å². The Kier molecular flexibility index (Phi) is 11.7. The number of hydrogen-bond acceptors (Lipinski definition) is 5. The molecule has 0 bridgehead atoms. The molecule has 0 unspecified atom stereocenters. The number of nitrogens with zero attached hydrogens (tertiary/aromatic N) is 1. The van der Waals surface area contributed by atoms with Crippen molar-refractivity contribution >= 4 is 12.1 Å². The summed E-state index contributed by atoms with van der Waals surface area (Å²) >= 11 is 0. The minimum atomic E-state index is -0.0651. The van der Waals surface area contributed by atoms with Gasteiger partial charge in [0.2, 0.25) is 11.7 Å². The van der Waals surface area contributed by atoms with Gasteiger partial charge in [-0.2, -0.15) is 5.10 Å². The molecule has 6 heteroatoms. The predicted octanol–water partition coefficient (Wildman–Crippen LogP) is 4.69. The van der Waals surface area contributed by atoms with Gasteiger partial charge in [0.25, 0.3) is 0 Å². The Morgan fingerprint density at radius 2 is 1.48 bits per heavy atom. The Hall–Kier alpha value is -2.24. The highest BCUT2D eigenvalue weighted by Crippen LogP contribution is 2.37. The zero-order valence-electron chi connectivity index (χ0n) is 17.2. The number of hydrogen-bond donors (Lipinski definition) is 1. The summed E-state index contributed by atoms with van der Waals surface area (Å²) in [6.07, 6.45) is 11.8. The quantitative estimate of drug-likeness (QED) is 0.290. The first kappa shape index (κ1) is 22.8. The molecule has 0 aliphatic rings. The van der Waals surface area contributed by atoms with Crippen molar-refractivity contribution in [2.45, 2.75) is 64.7 Å². The van der Waals surface area contributed by atoms with Crippen LogP contribution in [0.15, 0.2) is 17.2 Å². The van der Waals surface area contributed by atoms with Crippen LogP contribution in [0.25, 0.3) is 0 Å². The van der Waals surface area contributed by atoms with Crippen molar-refractivity contribution in [2.75, 3.05) is 21.3 Å². The second kappa shape index (κ2) is 13.9. The third-order valence-electron chi connectivity index (χ3n) is 4.35. The monoisotopic (exact) mass is 378 g/mol. The third kappa shape index (κ3) is 8.80. The van der Waals surface area contributed by atoms with E-state index in [2.05, 4.69) is 17.5 Å². The van der Waals surface area contributed by atoms with Gasteiger partial charge in [-0.25, -0.2) is 5.43 Å². The van der Waals surface area contributed by atoms with Crippen molar-refractivity contribution in [3.63, 3.8) is 0 Å². The molecule has 0 fully saturated rings. The molecule has 0 saturated heterocycles. The van der Waals surface area contributed by atoms with Gasteiger partial charge in [-0.05, 0) is 18.6 Å². The molecule has 0 radical (unpaired) electrons. The molecule has 0 aliphatic carbocycles. The molecule has 1 aromatic carbocycles. The molecule has 0 saturated carbocycles. The molecule has 0 aromatic heterocycles. The third-order valence-corrected chi connectivity index (χ3v) is 4.35. The smallest absolute Gasteiger partial charge is 0.240 e. The second-order valence-electron chi connectivity index (χ2n) is 6.48. The number of nitrogens with one attached hydrogen (secondary N) is 1. The number of amides is 1. The van der Waals surface area contributed by atoms with Crippen molar-refractivity contribution in [1.82, 2.24) is 5.43 Å². The predicted molar refractivity (Wildman–Crippen MR) is 109 cm³/mol. The van der Waals surface area contributed by atoms with Gasteiger partial charge in [-0.1, -0.05) is 51.9 Å². The maximum atomic E-state index is 11.9. The van der Waals surface area contributed by atoms with Gasteiger partial charge in [-0.3, -0.25) is 4.79 Å². The molecular formula is C21H34N2O4. The molecule has 1 N–H and O–H groups in total. The van der Waals surface area contributed by atoms with Crippen LogP contribution in [-0.4, -0.2) is 33.5 Å². The van der Waals surface area contributed by atoms with Gasteiger partial charge < -0.3 is 14.2 Å². The fourth-order valence-corrected chi connectivity index (χ4v) is 2.83. The highest BCUT2D eigenvalue weighted by molar-refractivity contribution is 5.84. The summed E-state index contributed by atoms with van der Waals surface area (Å²) in [5.41, 5.74) is 3.32. The van der Waals surface area contributed by atoms with Crippen LogP contribution in [0.4, 0.5) is 0 Å². The van der Waals surface area contributed by atoms with E-state index in [1.165, 1.54) is 38.5 Å². The standard InChI is InChI=1S/C21H34N2O4/c1-5-6-7-8-9-10-11-12-13-20(24)23-22-16-17-14-18(25-2)21(27-4)19(15-17)26-3/h14-16H,5-13H2,1-4H3,(H,23,24). The second-order valence-corrected chi connectivity index (χ2v) is 6.48. The van der Waals surface area contributed by atoms with Crippen LogP contribution in [0.5, 0.6) is 17.2 Å². The zero-order chi connectivity index (χ0) is 19.9. The van der Waals surface area contributed by atoms with Gasteiger partial charge in [0.05, 0.1) is 27.5 Å². The minimum Gasteiger partial charge on any atom is -0.493 e. The number of hydrazone groups is 1. The van der Waals surface area contributed by atoms with E-state index in [0.717, 1.165) is 18.4 Å².